The van der Waals surface area contributed by atoms with E-state index >= 15 is 0 Å². The highest BCUT2D eigenvalue weighted by molar-refractivity contribution is 5.68. The molecule has 0 aromatic rings. The van der Waals surface area contributed by atoms with E-state index in [0.29, 0.717) is 0 Å². The van der Waals surface area contributed by atoms with E-state index in [1.807, 2.05) is 11.9 Å². The molecule has 4 heteroatoms. The van der Waals surface area contributed by atoms with Gasteiger partial charge < -0.3 is 5.11 Å². The van der Waals surface area contributed by atoms with Crippen LogP contribution in [0.3, 0.4) is 0 Å². The van der Waals surface area contributed by atoms with Crippen molar-refractivity contribution >= 4 is 11.9 Å². The lowest BCUT2D eigenvalue weighted by Crippen LogP contribution is -2.26. The first-order valence-corrected chi connectivity index (χ1v) is 7.76. The van der Waals surface area contributed by atoms with Crippen molar-refractivity contribution in [2.75, 3.05) is 20.1 Å². The zero-order valence-electron chi connectivity index (χ0n) is 12.8. The molecule has 116 valence electrons. The van der Waals surface area contributed by atoms with Gasteiger partial charge in [0.1, 0.15) is 5.94 Å². The molecule has 0 fully saturated rings. The van der Waals surface area contributed by atoms with Crippen LogP contribution in [-0.2, 0) is 9.59 Å². The molecule has 0 spiro atoms. The molecule has 20 heavy (non-hydrogen) atoms. The Morgan fingerprint density at radius 1 is 1.00 bits per heavy atom. The van der Waals surface area contributed by atoms with Gasteiger partial charge in [0, 0.05) is 0 Å². The van der Waals surface area contributed by atoms with Gasteiger partial charge in [0.05, 0.1) is 6.54 Å². The Balaban J connectivity index is 3.13. The summed E-state index contributed by atoms with van der Waals surface area (Å²) in [5.74, 6) is 1.05. The molecule has 0 aliphatic heterocycles. The quantitative estimate of drug-likeness (QED) is 0.392. The predicted molar refractivity (Wildman–Crippen MR) is 81.6 cm³/mol. The molecule has 0 bridgehead atoms. The highest BCUT2D eigenvalue weighted by Crippen LogP contribution is 2.10. The number of allylic oxidation sites excluding steroid dienone is 1. The number of carbonyl (C=O) groups is 1. The average Bonchev–Trinajstić information content (AvgIpc) is 2.39. The maximum Gasteiger partial charge on any atom is 0.317 e. The zero-order valence-corrected chi connectivity index (χ0v) is 12.8. The third-order valence-corrected chi connectivity index (χ3v) is 3.38. The molecule has 0 aliphatic rings. The Labute approximate surface area is 122 Å². The van der Waals surface area contributed by atoms with Crippen LogP contribution in [0.15, 0.2) is 6.08 Å². The van der Waals surface area contributed by atoms with E-state index in [-0.39, 0.29) is 6.54 Å². The fourth-order valence-electron chi connectivity index (χ4n) is 2.23. The molecule has 0 saturated carbocycles. The predicted octanol–water partition coefficient (Wildman–Crippen LogP) is 3.29. The average molecular weight is 283 g/mol. The first kappa shape index (κ1) is 18.9. The van der Waals surface area contributed by atoms with Gasteiger partial charge in [-0.2, -0.15) is 0 Å². The number of likely N-dealkylation sites (N-methyl/N-ethyl adjacent to an activating group) is 1. The van der Waals surface area contributed by atoms with Crippen molar-refractivity contribution in [3.63, 3.8) is 0 Å². The van der Waals surface area contributed by atoms with Gasteiger partial charge in [-0.05, 0) is 38.9 Å². The molecule has 0 amide bonds. The number of carboxylic acid groups (broad SMARTS) is 1. The fourth-order valence-corrected chi connectivity index (χ4v) is 2.23. The minimum absolute atomic E-state index is 0.138. The number of hydrogen-bond acceptors (Lipinski definition) is 3. The van der Waals surface area contributed by atoms with Gasteiger partial charge in [-0.1, -0.05) is 44.9 Å². The van der Waals surface area contributed by atoms with E-state index in [1.165, 1.54) is 44.9 Å². The van der Waals surface area contributed by atoms with Crippen molar-refractivity contribution in [1.82, 2.24) is 4.90 Å². The van der Waals surface area contributed by atoms with Crippen molar-refractivity contribution in [2.45, 2.75) is 64.2 Å². The van der Waals surface area contributed by atoms with Crippen LogP contribution < -0.4 is 0 Å². The van der Waals surface area contributed by atoms with Crippen molar-refractivity contribution in [2.24, 2.45) is 0 Å². The second-order valence-electron chi connectivity index (χ2n) is 5.42. The Hall–Kier alpha value is -1.12. The minimum Gasteiger partial charge on any atom is -0.480 e. The smallest absolute Gasteiger partial charge is 0.317 e. The first-order chi connectivity index (χ1) is 9.66. The van der Waals surface area contributed by atoms with Crippen LogP contribution >= 0.6 is 0 Å². The largest absolute Gasteiger partial charge is 0.480 e. The number of aliphatic carboxylic acids is 1. The number of carbonyl (C=O) groups excluding carboxylic acids is 1. The van der Waals surface area contributed by atoms with Gasteiger partial charge >= 0.3 is 5.97 Å². The van der Waals surface area contributed by atoms with E-state index in [1.54, 1.807) is 12.0 Å². The highest BCUT2D eigenvalue weighted by Gasteiger charge is 2.02. The third kappa shape index (κ3) is 14.9. The molecule has 0 rings (SSSR count). The lowest BCUT2D eigenvalue weighted by atomic mass is 10.1. The van der Waals surface area contributed by atoms with Crippen molar-refractivity contribution in [1.29, 1.82) is 0 Å². The summed E-state index contributed by atoms with van der Waals surface area (Å²) in [7, 11) is 1.86. The van der Waals surface area contributed by atoms with Crippen LogP contribution in [0.25, 0.3) is 0 Å². The van der Waals surface area contributed by atoms with Crippen LogP contribution in [0.5, 0.6) is 0 Å². The number of unbranched alkanes of at least 4 members (excludes halogenated alkanes) is 9. The van der Waals surface area contributed by atoms with Gasteiger partial charge in [-0.3, -0.25) is 9.69 Å². The molecular weight excluding hydrogens is 254 g/mol. The molecule has 0 radical (unpaired) electrons. The Kier molecular flexibility index (Phi) is 13.5. The molecule has 0 atom stereocenters. The summed E-state index contributed by atoms with van der Waals surface area (Å²) in [4.78, 5) is 22.3. The standard InChI is InChI=1S/C16H29NO3/c1-17(15-16(19)20)13-11-9-7-5-3-2-4-6-8-10-12-14-18/h12H,2-11,13,15H2,1H3,(H,19,20). The molecule has 0 saturated heterocycles. The van der Waals surface area contributed by atoms with Gasteiger partial charge in [-0.15, -0.1) is 0 Å². The fraction of sp³-hybridized carbons (Fsp3) is 0.812. The zero-order chi connectivity index (χ0) is 15.1. The summed E-state index contributed by atoms with van der Waals surface area (Å²) in [6.45, 7) is 1.01. The second-order valence-corrected chi connectivity index (χ2v) is 5.42. The van der Waals surface area contributed by atoms with Crippen molar-refractivity contribution in [3.05, 3.63) is 6.08 Å². The van der Waals surface area contributed by atoms with E-state index in [4.69, 9.17) is 5.11 Å². The van der Waals surface area contributed by atoms with Gasteiger partial charge in [0.2, 0.25) is 0 Å². The summed E-state index contributed by atoms with van der Waals surface area (Å²) in [6.07, 6.45) is 13.4. The summed E-state index contributed by atoms with van der Waals surface area (Å²) >= 11 is 0. The lowest BCUT2D eigenvalue weighted by Gasteiger charge is -2.13. The molecule has 0 unspecified atom stereocenters. The Morgan fingerprint density at radius 2 is 1.50 bits per heavy atom. The van der Waals surface area contributed by atoms with E-state index < -0.39 is 5.97 Å². The van der Waals surface area contributed by atoms with Gasteiger partial charge in [0.15, 0.2) is 0 Å². The molecule has 0 aromatic carbocycles. The third-order valence-electron chi connectivity index (χ3n) is 3.38. The Morgan fingerprint density at radius 3 is 2.00 bits per heavy atom. The highest BCUT2D eigenvalue weighted by atomic mass is 16.4. The molecule has 0 heterocycles. The van der Waals surface area contributed by atoms with Crippen LogP contribution in [0.2, 0.25) is 0 Å². The van der Waals surface area contributed by atoms with E-state index in [9.17, 15) is 9.59 Å². The monoisotopic (exact) mass is 283 g/mol. The number of carboxylic acids is 1. The topological polar surface area (TPSA) is 57.6 Å². The molecule has 4 nitrogen and oxygen atoms in total. The Bertz CT molecular complexity index is 285. The first-order valence-electron chi connectivity index (χ1n) is 7.76. The summed E-state index contributed by atoms with van der Waals surface area (Å²) in [6, 6.07) is 0. The minimum atomic E-state index is -0.754. The molecule has 0 aromatic heterocycles. The molecule has 0 aliphatic carbocycles. The lowest BCUT2D eigenvalue weighted by molar-refractivity contribution is -0.137. The molecular formula is C16H29NO3. The maximum atomic E-state index is 10.5. The van der Waals surface area contributed by atoms with E-state index in [2.05, 4.69) is 0 Å². The second kappa shape index (κ2) is 14.3. The van der Waals surface area contributed by atoms with Crippen molar-refractivity contribution < 1.29 is 14.7 Å². The normalized spacial score (nSPS) is 10.5. The van der Waals surface area contributed by atoms with Gasteiger partial charge in [-0.25, -0.2) is 4.79 Å². The van der Waals surface area contributed by atoms with Crippen molar-refractivity contribution in [3.8, 4) is 0 Å². The summed E-state index contributed by atoms with van der Waals surface area (Å²) in [5, 5.41) is 8.61. The number of nitrogens with zero attached hydrogens (tertiary/aromatic N) is 1. The number of hydrogen-bond donors (Lipinski definition) is 1. The van der Waals surface area contributed by atoms with Crippen LogP contribution in [-0.4, -0.2) is 42.1 Å². The SMILES string of the molecule is CN(CCCCCCCCCCCC=C=O)CC(=O)O. The van der Waals surface area contributed by atoms with Crippen LogP contribution in [0, 0.1) is 0 Å². The van der Waals surface area contributed by atoms with E-state index in [0.717, 1.165) is 25.8 Å². The summed E-state index contributed by atoms with van der Waals surface area (Å²) in [5.41, 5.74) is 0. The maximum absolute atomic E-state index is 10.5. The van der Waals surface area contributed by atoms with Crippen LogP contribution in [0.4, 0.5) is 0 Å². The molecule has 1 N–H and O–H groups in total. The summed E-state index contributed by atoms with van der Waals surface area (Å²) < 4.78 is 0. The number of rotatable bonds is 14. The van der Waals surface area contributed by atoms with Crippen LogP contribution in [0.1, 0.15) is 64.2 Å². The van der Waals surface area contributed by atoms with Gasteiger partial charge in [0.25, 0.3) is 0 Å².